The highest BCUT2D eigenvalue weighted by atomic mass is 16.5. The maximum absolute atomic E-state index is 11.8. The molecule has 4 heteroatoms. The van der Waals surface area contributed by atoms with Gasteiger partial charge >= 0.3 is 5.97 Å². The highest BCUT2D eigenvalue weighted by Crippen LogP contribution is 2.36. The lowest BCUT2D eigenvalue weighted by atomic mass is 9.74. The smallest absolute Gasteiger partial charge is 0.314 e. The molecule has 0 aliphatic carbocycles. The van der Waals surface area contributed by atoms with Crippen LogP contribution in [0.1, 0.15) is 24.0 Å². The summed E-state index contributed by atoms with van der Waals surface area (Å²) in [5, 5.41) is 9.68. The van der Waals surface area contributed by atoms with Crippen LogP contribution >= 0.6 is 0 Å². The monoisotopic (exact) mass is 312 g/mol. The molecular formula is C19H20O4. The quantitative estimate of drug-likeness (QED) is 0.919. The summed E-state index contributed by atoms with van der Waals surface area (Å²) in [5.41, 5.74) is 1.08. The summed E-state index contributed by atoms with van der Waals surface area (Å²) < 4.78 is 11.1. The molecule has 1 fully saturated rings. The molecule has 0 aromatic heterocycles. The summed E-state index contributed by atoms with van der Waals surface area (Å²) in [4.78, 5) is 11.8. The van der Waals surface area contributed by atoms with Crippen LogP contribution in [0.15, 0.2) is 54.6 Å². The van der Waals surface area contributed by atoms with Crippen LogP contribution in [0.4, 0.5) is 0 Å². The molecule has 120 valence electrons. The van der Waals surface area contributed by atoms with Gasteiger partial charge in [-0.3, -0.25) is 4.79 Å². The predicted molar refractivity (Wildman–Crippen MR) is 86.6 cm³/mol. The van der Waals surface area contributed by atoms with E-state index < -0.39 is 11.4 Å². The molecule has 2 aromatic carbocycles. The van der Waals surface area contributed by atoms with Crippen molar-refractivity contribution in [2.75, 3.05) is 13.2 Å². The van der Waals surface area contributed by atoms with Crippen molar-refractivity contribution < 1.29 is 19.4 Å². The van der Waals surface area contributed by atoms with Crippen molar-refractivity contribution in [2.45, 2.75) is 24.9 Å². The average molecular weight is 312 g/mol. The first-order valence-corrected chi connectivity index (χ1v) is 7.79. The van der Waals surface area contributed by atoms with E-state index in [1.165, 1.54) is 0 Å². The molecule has 2 aromatic rings. The number of benzene rings is 2. The van der Waals surface area contributed by atoms with Crippen molar-refractivity contribution in [3.63, 3.8) is 0 Å². The zero-order chi connectivity index (χ0) is 16.1. The maximum Gasteiger partial charge on any atom is 0.314 e. The fourth-order valence-corrected chi connectivity index (χ4v) is 2.96. The summed E-state index contributed by atoms with van der Waals surface area (Å²) in [5.74, 6) is -0.0380. The third kappa shape index (κ3) is 3.37. The lowest BCUT2D eigenvalue weighted by Gasteiger charge is -2.33. The largest absolute Gasteiger partial charge is 0.489 e. The number of ether oxygens (including phenoxy) is 2. The molecule has 1 heterocycles. The van der Waals surface area contributed by atoms with Gasteiger partial charge in [-0.2, -0.15) is 0 Å². The van der Waals surface area contributed by atoms with Crippen LogP contribution in [0.3, 0.4) is 0 Å². The van der Waals surface area contributed by atoms with Gasteiger partial charge in [-0.05, 0) is 36.1 Å². The number of rotatable bonds is 5. The molecule has 1 aliphatic heterocycles. The van der Waals surface area contributed by atoms with E-state index in [9.17, 15) is 9.90 Å². The molecule has 0 saturated carbocycles. The number of carboxylic acids is 1. The molecule has 0 spiro atoms. The van der Waals surface area contributed by atoms with Gasteiger partial charge in [0.1, 0.15) is 12.4 Å². The third-order valence-electron chi connectivity index (χ3n) is 4.41. The minimum Gasteiger partial charge on any atom is -0.489 e. The first-order chi connectivity index (χ1) is 11.2. The normalized spacial score (nSPS) is 16.7. The predicted octanol–water partition coefficient (Wildman–Crippen LogP) is 3.40. The SMILES string of the molecule is O=C(O)C1(c2ccc(OCc3ccccc3)cc2)CCOCC1. The molecule has 1 aliphatic rings. The van der Waals surface area contributed by atoms with Crippen LogP contribution in [0, 0.1) is 0 Å². The minimum atomic E-state index is -0.837. The van der Waals surface area contributed by atoms with Gasteiger partial charge in [0, 0.05) is 13.2 Å². The van der Waals surface area contributed by atoms with E-state index >= 15 is 0 Å². The molecular weight excluding hydrogens is 292 g/mol. The molecule has 4 nitrogen and oxygen atoms in total. The fraction of sp³-hybridized carbons (Fsp3) is 0.316. The third-order valence-corrected chi connectivity index (χ3v) is 4.41. The molecule has 0 atom stereocenters. The second-order valence-electron chi connectivity index (χ2n) is 5.80. The molecule has 0 bridgehead atoms. The van der Waals surface area contributed by atoms with E-state index in [1.807, 2.05) is 54.6 Å². The second kappa shape index (κ2) is 6.84. The lowest BCUT2D eigenvalue weighted by Crippen LogP contribution is -2.41. The summed E-state index contributed by atoms with van der Waals surface area (Å²) in [6.07, 6.45) is 1.01. The Morgan fingerprint density at radius 1 is 1.04 bits per heavy atom. The van der Waals surface area contributed by atoms with Crippen LogP contribution in [-0.2, 0) is 21.6 Å². The van der Waals surface area contributed by atoms with Gasteiger partial charge in [0.05, 0.1) is 5.41 Å². The number of carboxylic acid groups (broad SMARTS) is 1. The summed E-state index contributed by atoms with van der Waals surface area (Å²) in [6.45, 7) is 1.47. The van der Waals surface area contributed by atoms with E-state index in [4.69, 9.17) is 9.47 Å². The van der Waals surface area contributed by atoms with Crippen LogP contribution < -0.4 is 4.74 Å². The van der Waals surface area contributed by atoms with Crippen molar-refractivity contribution in [1.82, 2.24) is 0 Å². The molecule has 0 amide bonds. The number of hydrogen-bond donors (Lipinski definition) is 1. The van der Waals surface area contributed by atoms with Gasteiger partial charge in [-0.1, -0.05) is 42.5 Å². The van der Waals surface area contributed by atoms with E-state index in [2.05, 4.69) is 0 Å². The Balaban J connectivity index is 1.72. The Hall–Kier alpha value is -2.33. The standard InChI is InChI=1S/C19H20O4/c20-18(21)19(10-12-22-13-11-19)16-6-8-17(9-7-16)23-14-15-4-2-1-3-5-15/h1-9H,10-14H2,(H,20,21). The fourth-order valence-electron chi connectivity index (χ4n) is 2.96. The van der Waals surface area contributed by atoms with Gasteiger partial charge < -0.3 is 14.6 Å². The van der Waals surface area contributed by atoms with Gasteiger partial charge in [0.15, 0.2) is 0 Å². The van der Waals surface area contributed by atoms with E-state index in [-0.39, 0.29) is 0 Å². The lowest BCUT2D eigenvalue weighted by molar-refractivity contribution is -0.147. The average Bonchev–Trinajstić information content (AvgIpc) is 2.62. The van der Waals surface area contributed by atoms with Crippen molar-refractivity contribution in [2.24, 2.45) is 0 Å². The van der Waals surface area contributed by atoms with Crippen molar-refractivity contribution in [3.05, 3.63) is 65.7 Å². The molecule has 23 heavy (non-hydrogen) atoms. The van der Waals surface area contributed by atoms with Crippen LogP contribution in [0.25, 0.3) is 0 Å². The van der Waals surface area contributed by atoms with Crippen molar-refractivity contribution in [1.29, 1.82) is 0 Å². The van der Waals surface area contributed by atoms with Crippen LogP contribution in [0.2, 0.25) is 0 Å². The van der Waals surface area contributed by atoms with E-state index in [0.717, 1.165) is 16.9 Å². The highest BCUT2D eigenvalue weighted by Gasteiger charge is 2.41. The number of hydrogen-bond acceptors (Lipinski definition) is 3. The van der Waals surface area contributed by atoms with Crippen molar-refractivity contribution >= 4 is 5.97 Å². The molecule has 1 N–H and O–H groups in total. The van der Waals surface area contributed by atoms with Gasteiger partial charge in [0.25, 0.3) is 0 Å². The summed E-state index contributed by atoms with van der Waals surface area (Å²) >= 11 is 0. The van der Waals surface area contributed by atoms with E-state index in [1.54, 1.807) is 0 Å². The summed E-state index contributed by atoms with van der Waals surface area (Å²) in [7, 11) is 0. The van der Waals surface area contributed by atoms with E-state index in [0.29, 0.717) is 32.7 Å². The Morgan fingerprint density at radius 2 is 1.70 bits per heavy atom. The second-order valence-corrected chi connectivity index (χ2v) is 5.80. The minimum absolute atomic E-state index is 0.485. The van der Waals surface area contributed by atoms with Gasteiger partial charge in [-0.25, -0.2) is 0 Å². The Kier molecular flexibility index (Phi) is 4.63. The molecule has 1 saturated heterocycles. The topological polar surface area (TPSA) is 55.8 Å². The molecule has 0 unspecified atom stereocenters. The first kappa shape index (κ1) is 15.6. The highest BCUT2D eigenvalue weighted by molar-refractivity contribution is 5.81. The molecule has 0 radical (unpaired) electrons. The zero-order valence-corrected chi connectivity index (χ0v) is 12.9. The van der Waals surface area contributed by atoms with Crippen LogP contribution in [0.5, 0.6) is 5.75 Å². The Bertz CT molecular complexity index is 643. The molecule has 3 rings (SSSR count). The summed E-state index contributed by atoms with van der Waals surface area (Å²) in [6, 6.07) is 17.4. The zero-order valence-electron chi connectivity index (χ0n) is 12.9. The number of aliphatic carboxylic acids is 1. The van der Waals surface area contributed by atoms with Gasteiger partial charge in [0.2, 0.25) is 0 Å². The Morgan fingerprint density at radius 3 is 2.30 bits per heavy atom. The van der Waals surface area contributed by atoms with Gasteiger partial charge in [-0.15, -0.1) is 0 Å². The number of carbonyl (C=O) groups is 1. The maximum atomic E-state index is 11.8. The van der Waals surface area contributed by atoms with Crippen LogP contribution in [-0.4, -0.2) is 24.3 Å². The first-order valence-electron chi connectivity index (χ1n) is 7.79. The van der Waals surface area contributed by atoms with Crippen molar-refractivity contribution in [3.8, 4) is 5.75 Å². The Labute approximate surface area is 135 Å².